The molecule has 11 heavy (non-hydrogen) atoms. The van der Waals surface area contributed by atoms with Gasteiger partial charge in [-0.15, -0.1) is 0 Å². The predicted octanol–water partition coefficient (Wildman–Crippen LogP) is 2.93. The topological polar surface area (TPSA) is 12.0 Å². The molecule has 3 heteroatoms. The Balaban J connectivity index is 2.52. The number of hydrogen-bond acceptors (Lipinski definition) is 1. The van der Waals surface area contributed by atoms with Crippen molar-refractivity contribution in [3.05, 3.63) is 34.3 Å². The van der Waals surface area contributed by atoms with Crippen LogP contribution in [0.1, 0.15) is 5.56 Å². The number of benzene rings is 1. The van der Waals surface area contributed by atoms with Crippen molar-refractivity contribution in [3.8, 4) is 0 Å². The first-order valence-corrected chi connectivity index (χ1v) is 5.28. The second-order valence-electron chi connectivity index (χ2n) is 2.26. The zero-order chi connectivity index (χ0) is 8.10. The molecule has 0 spiro atoms. The van der Waals surface area contributed by atoms with Crippen LogP contribution < -0.4 is 3.53 Å². The molecule has 1 nitrogen and oxygen atoms in total. The highest BCUT2D eigenvalue weighted by Crippen LogP contribution is 2.10. The Morgan fingerprint density at radius 1 is 1.27 bits per heavy atom. The maximum Gasteiger partial charge on any atom is 0.0175 e. The molecule has 0 fully saturated rings. The van der Waals surface area contributed by atoms with Crippen LogP contribution in [0, 0.1) is 0 Å². The van der Waals surface area contributed by atoms with Gasteiger partial charge in [-0.25, -0.2) is 0 Å². The fourth-order valence-electron chi connectivity index (χ4n) is 0.843. The minimum absolute atomic E-state index is 1.03. The van der Waals surface area contributed by atoms with Crippen LogP contribution >= 0.6 is 38.8 Å². The van der Waals surface area contributed by atoms with Gasteiger partial charge in [-0.1, -0.05) is 28.1 Å². The molecule has 0 unspecified atom stereocenters. The van der Waals surface area contributed by atoms with E-state index in [1.807, 2.05) is 0 Å². The molecule has 0 radical (unpaired) electrons. The van der Waals surface area contributed by atoms with Gasteiger partial charge in [0.15, 0.2) is 0 Å². The van der Waals surface area contributed by atoms with Crippen molar-refractivity contribution in [2.24, 2.45) is 0 Å². The quantitative estimate of drug-likeness (QED) is 0.665. The second kappa shape index (κ2) is 5.11. The van der Waals surface area contributed by atoms with Gasteiger partial charge in [0.2, 0.25) is 0 Å². The Hall–Kier alpha value is 0.390. The summed E-state index contributed by atoms with van der Waals surface area (Å²) in [6.45, 7) is 1.03. The fourth-order valence-corrected chi connectivity index (χ4v) is 1.38. The van der Waals surface area contributed by atoms with Crippen LogP contribution in [0.5, 0.6) is 0 Å². The SMILES string of the molecule is Brc1ccc(CCNI)cc1. The first kappa shape index (κ1) is 9.48. The van der Waals surface area contributed by atoms with E-state index < -0.39 is 0 Å². The van der Waals surface area contributed by atoms with Gasteiger partial charge in [-0.3, -0.25) is 3.53 Å². The molecular formula is C8H9BrIN. The monoisotopic (exact) mass is 325 g/mol. The normalized spacial score (nSPS) is 10.0. The Morgan fingerprint density at radius 2 is 1.91 bits per heavy atom. The van der Waals surface area contributed by atoms with Gasteiger partial charge in [0.1, 0.15) is 0 Å². The zero-order valence-electron chi connectivity index (χ0n) is 5.98. The van der Waals surface area contributed by atoms with E-state index in [1.54, 1.807) is 0 Å². The van der Waals surface area contributed by atoms with Gasteiger partial charge in [-0.05, 0) is 24.1 Å². The van der Waals surface area contributed by atoms with E-state index in [-0.39, 0.29) is 0 Å². The second-order valence-corrected chi connectivity index (χ2v) is 3.94. The maximum absolute atomic E-state index is 3.40. The molecule has 1 N–H and O–H groups in total. The molecule has 0 aliphatic heterocycles. The van der Waals surface area contributed by atoms with E-state index in [9.17, 15) is 0 Å². The highest BCUT2D eigenvalue weighted by atomic mass is 127. The Labute approximate surface area is 89.2 Å². The molecule has 0 saturated carbocycles. The number of hydrogen-bond donors (Lipinski definition) is 1. The fraction of sp³-hybridized carbons (Fsp3) is 0.250. The Kier molecular flexibility index (Phi) is 4.40. The Bertz CT molecular complexity index is 210. The molecule has 0 heterocycles. The van der Waals surface area contributed by atoms with Gasteiger partial charge in [0.25, 0.3) is 0 Å². The van der Waals surface area contributed by atoms with E-state index in [0.29, 0.717) is 0 Å². The molecular weight excluding hydrogens is 317 g/mol. The molecule has 0 bridgehead atoms. The molecule has 0 aliphatic rings. The molecule has 0 aliphatic carbocycles. The van der Waals surface area contributed by atoms with Crippen LogP contribution in [0.4, 0.5) is 0 Å². The summed E-state index contributed by atoms with van der Waals surface area (Å²) >= 11 is 5.56. The predicted molar refractivity (Wildman–Crippen MR) is 59.9 cm³/mol. The lowest BCUT2D eigenvalue weighted by atomic mass is 10.2. The lowest BCUT2D eigenvalue weighted by Gasteiger charge is -1.98. The number of halogens is 2. The third-order valence-electron chi connectivity index (χ3n) is 1.42. The van der Waals surface area contributed by atoms with Crippen LogP contribution in [0.15, 0.2) is 28.7 Å². The molecule has 1 aromatic rings. The van der Waals surface area contributed by atoms with Gasteiger partial charge < -0.3 is 0 Å². The summed E-state index contributed by atoms with van der Waals surface area (Å²) in [6.07, 6.45) is 1.09. The summed E-state index contributed by atoms with van der Waals surface area (Å²) in [6, 6.07) is 8.42. The summed E-state index contributed by atoms with van der Waals surface area (Å²) in [4.78, 5) is 0. The number of rotatable bonds is 3. The minimum atomic E-state index is 1.03. The van der Waals surface area contributed by atoms with Gasteiger partial charge >= 0.3 is 0 Å². The van der Waals surface area contributed by atoms with Crippen molar-refractivity contribution in [1.82, 2.24) is 3.53 Å². The summed E-state index contributed by atoms with van der Waals surface area (Å²) < 4.78 is 4.23. The molecule has 0 aromatic heterocycles. The van der Waals surface area contributed by atoms with Crippen molar-refractivity contribution in [1.29, 1.82) is 0 Å². The van der Waals surface area contributed by atoms with Crippen molar-refractivity contribution >= 4 is 38.8 Å². The standard InChI is InChI=1S/C8H9BrIN/c9-8-3-1-7(2-4-8)5-6-11-10/h1-4,11H,5-6H2. The lowest BCUT2D eigenvalue weighted by molar-refractivity contribution is 0.932. The molecule has 1 rings (SSSR count). The molecule has 60 valence electrons. The van der Waals surface area contributed by atoms with Crippen LogP contribution in [0.2, 0.25) is 0 Å². The van der Waals surface area contributed by atoms with Crippen LogP contribution in [0.3, 0.4) is 0 Å². The van der Waals surface area contributed by atoms with E-state index >= 15 is 0 Å². The summed E-state index contributed by atoms with van der Waals surface area (Å²) in [5, 5.41) is 0. The average molecular weight is 326 g/mol. The van der Waals surface area contributed by atoms with E-state index in [0.717, 1.165) is 17.4 Å². The third-order valence-corrected chi connectivity index (χ3v) is 2.49. The van der Waals surface area contributed by atoms with Crippen molar-refractivity contribution in [2.45, 2.75) is 6.42 Å². The van der Waals surface area contributed by atoms with Crippen LogP contribution in [0.25, 0.3) is 0 Å². The van der Waals surface area contributed by atoms with E-state index in [4.69, 9.17) is 0 Å². The third kappa shape index (κ3) is 3.53. The average Bonchev–Trinajstić information content (AvgIpc) is 2.04. The summed E-state index contributed by atoms with van der Waals surface area (Å²) in [5.74, 6) is 0. The van der Waals surface area contributed by atoms with Crippen molar-refractivity contribution in [3.63, 3.8) is 0 Å². The molecule has 1 aromatic carbocycles. The molecule has 0 atom stereocenters. The zero-order valence-corrected chi connectivity index (χ0v) is 9.72. The van der Waals surface area contributed by atoms with E-state index in [2.05, 4.69) is 66.6 Å². The first-order valence-electron chi connectivity index (χ1n) is 3.41. The highest BCUT2D eigenvalue weighted by Gasteiger charge is 1.90. The summed E-state index contributed by atoms with van der Waals surface area (Å²) in [5.41, 5.74) is 1.37. The van der Waals surface area contributed by atoms with Gasteiger partial charge in [0.05, 0.1) is 0 Å². The highest BCUT2D eigenvalue weighted by molar-refractivity contribution is 14.1. The van der Waals surface area contributed by atoms with Gasteiger partial charge in [0, 0.05) is 33.9 Å². The largest absolute Gasteiger partial charge is 0.261 e. The lowest BCUT2D eigenvalue weighted by Crippen LogP contribution is -2.03. The maximum atomic E-state index is 3.40. The minimum Gasteiger partial charge on any atom is -0.261 e. The van der Waals surface area contributed by atoms with E-state index in [1.165, 1.54) is 5.56 Å². The first-order chi connectivity index (χ1) is 5.33. The van der Waals surface area contributed by atoms with Crippen LogP contribution in [-0.2, 0) is 6.42 Å². The molecule has 0 saturated heterocycles. The Morgan fingerprint density at radius 3 is 2.45 bits per heavy atom. The van der Waals surface area contributed by atoms with Crippen molar-refractivity contribution < 1.29 is 0 Å². The van der Waals surface area contributed by atoms with Crippen LogP contribution in [-0.4, -0.2) is 6.54 Å². The summed E-state index contributed by atoms with van der Waals surface area (Å²) in [7, 11) is 0. The van der Waals surface area contributed by atoms with Gasteiger partial charge in [-0.2, -0.15) is 0 Å². The molecule has 0 amide bonds. The van der Waals surface area contributed by atoms with Crippen molar-refractivity contribution in [2.75, 3.05) is 6.54 Å². The number of nitrogens with one attached hydrogen (secondary N) is 1. The smallest absolute Gasteiger partial charge is 0.0175 e.